The van der Waals surface area contributed by atoms with E-state index in [4.69, 9.17) is 0 Å². The van der Waals surface area contributed by atoms with Gasteiger partial charge < -0.3 is 4.74 Å². The minimum absolute atomic E-state index is 0.194. The highest BCUT2D eigenvalue weighted by Crippen LogP contribution is 2.27. The Morgan fingerprint density at radius 3 is 2.00 bits per heavy atom. The van der Waals surface area contributed by atoms with Gasteiger partial charge >= 0.3 is 18.3 Å². The van der Waals surface area contributed by atoms with Crippen LogP contribution in [0.2, 0.25) is 0 Å². The van der Waals surface area contributed by atoms with Crippen molar-refractivity contribution in [2.75, 3.05) is 0 Å². The fraction of sp³-hybridized carbons (Fsp3) is 0.700. The monoisotopic (exact) mass is 260 g/mol. The molecule has 0 N–H and O–H groups in total. The number of rotatable bonds is 6. The van der Waals surface area contributed by atoms with Crippen LogP contribution in [-0.2, 0) is 9.53 Å². The largest absolute Gasteiger partial charge is 0.400 e. The topological polar surface area (TPSA) is 26.3 Å². The highest BCUT2D eigenvalue weighted by atomic mass is 19.4. The van der Waals surface area contributed by atoms with Crippen LogP contribution in [-0.4, -0.2) is 18.3 Å². The number of ether oxygens (including phenoxy) is 1. The van der Waals surface area contributed by atoms with Crippen LogP contribution >= 0.6 is 0 Å². The van der Waals surface area contributed by atoms with Crippen molar-refractivity contribution >= 4 is 5.97 Å². The van der Waals surface area contributed by atoms with E-state index in [1.807, 2.05) is 0 Å². The quantitative estimate of drug-likeness (QED) is 0.314. The second kappa shape index (κ2) is 5.97. The van der Waals surface area contributed by atoms with Crippen LogP contribution in [0, 0.1) is 0 Å². The first-order chi connectivity index (χ1) is 7.53. The molecule has 2 nitrogen and oxygen atoms in total. The van der Waals surface area contributed by atoms with E-state index >= 15 is 0 Å². The highest BCUT2D eigenvalue weighted by Gasteiger charge is 2.34. The van der Waals surface area contributed by atoms with Crippen LogP contribution in [0.5, 0.6) is 0 Å². The van der Waals surface area contributed by atoms with E-state index in [0.717, 1.165) is 0 Å². The molecule has 0 aromatic rings. The van der Waals surface area contributed by atoms with Crippen molar-refractivity contribution in [3.8, 4) is 0 Å². The number of unbranched alkanes of at least 4 members (excludes halogenated alkanes) is 1. The average Bonchev–Trinajstić information content (AvgIpc) is 2.10. The molecule has 0 radical (unpaired) electrons. The van der Waals surface area contributed by atoms with Crippen molar-refractivity contribution in [3.05, 3.63) is 12.2 Å². The third-order valence-electron chi connectivity index (χ3n) is 1.77. The van der Waals surface area contributed by atoms with Crippen molar-refractivity contribution in [2.45, 2.75) is 44.9 Å². The molecule has 100 valence electrons. The lowest BCUT2D eigenvalue weighted by molar-refractivity contribution is -0.233. The smallest absolute Gasteiger partial charge is 0.397 e. The van der Waals surface area contributed by atoms with Gasteiger partial charge in [0, 0.05) is 12.0 Å². The summed E-state index contributed by atoms with van der Waals surface area (Å²) in [5.74, 6) is -1.26. The summed E-state index contributed by atoms with van der Waals surface area (Å²) < 4.78 is 64.7. The Kier molecular flexibility index (Phi) is 5.57. The molecule has 0 aliphatic heterocycles. The number of halogens is 5. The maximum Gasteiger partial charge on any atom is 0.400 e. The molecule has 0 rings (SSSR count). The van der Waals surface area contributed by atoms with Crippen LogP contribution < -0.4 is 0 Å². The molecule has 0 saturated carbocycles. The van der Waals surface area contributed by atoms with E-state index in [1.54, 1.807) is 0 Å². The SMILES string of the molecule is C=C(C)C(=O)OC(F)(F)CCCCC(F)(F)F. The number of alkyl halides is 5. The Labute approximate surface area is 95.4 Å². The first-order valence-corrected chi connectivity index (χ1v) is 4.87. The summed E-state index contributed by atoms with van der Waals surface area (Å²) in [7, 11) is 0. The molecule has 0 spiro atoms. The standard InChI is InChI=1S/C10H13F5O2/c1-7(2)8(16)17-10(14,15)6-4-3-5-9(11,12)13/h1,3-6H2,2H3. The summed E-state index contributed by atoms with van der Waals surface area (Å²) in [4.78, 5) is 10.8. The Balaban J connectivity index is 3.94. The van der Waals surface area contributed by atoms with Gasteiger partial charge in [-0.1, -0.05) is 6.58 Å². The third-order valence-corrected chi connectivity index (χ3v) is 1.77. The number of carbonyl (C=O) groups is 1. The third kappa shape index (κ3) is 8.65. The Morgan fingerprint density at radius 2 is 1.59 bits per heavy atom. The summed E-state index contributed by atoms with van der Waals surface area (Å²) in [6.45, 7) is 4.31. The van der Waals surface area contributed by atoms with E-state index in [-0.39, 0.29) is 12.0 Å². The molecule has 0 aromatic carbocycles. The number of esters is 1. The van der Waals surface area contributed by atoms with Gasteiger partial charge in [-0.3, -0.25) is 0 Å². The molecule has 0 unspecified atom stereocenters. The molecule has 0 aliphatic carbocycles. The molecule has 0 saturated heterocycles. The summed E-state index contributed by atoms with van der Waals surface area (Å²) in [5, 5.41) is 0. The predicted octanol–water partition coefficient (Wildman–Crippen LogP) is 3.82. The number of hydrogen-bond acceptors (Lipinski definition) is 2. The van der Waals surface area contributed by atoms with Gasteiger partial charge in [0.25, 0.3) is 0 Å². The number of carbonyl (C=O) groups excluding carboxylic acids is 1. The summed E-state index contributed by atoms with van der Waals surface area (Å²) in [5.41, 5.74) is -0.194. The maximum absolute atomic E-state index is 12.9. The highest BCUT2D eigenvalue weighted by molar-refractivity contribution is 5.87. The second-order valence-corrected chi connectivity index (χ2v) is 3.63. The van der Waals surface area contributed by atoms with Crippen LogP contribution in [0.3, 0.4) is 0 Å². The zero-order valence-corrected chi connectivity index (χ0v) is 9.24. The fourth-order valence-corrected chi connectivity index (χ4v) is 0.930. The van der Waals surface area contributed by atoms with Gasteiger partial charge in [-0.15, -0.1) is 0 Å². The van der Waals surface area contributed by atoms with Crippen molar-refractivity contribution in [1.82, 2.24) is 0 Å². The average molecular weight is 260 g/mol. The van der Waals surface area contributed by atoms with Crippen molar-refractivity contribution in [2.24, 2.45) is 0 Å². The van der Waals surface area contributed by atoms with Gasteiger partial charge in [0.1, 0.15) is 0 Å². The van der Waals surface area contributed by atoms with Crippen molar-refractivity contribution < 1.29 is 31.5 Å². The summed E-state index contributed by atoms with van der Waals surface area (Å²) in [6.07, 6.45) is -11.0. The lowest BCUT2D eigenvalue weighted by atomic mass is 10.2. The van der Waals surface area contributed by atoms with Gasteiger partial charge in [0.15, 0.2) is 0 Å². The minimum atomic E-state index is -4.36. The molecule has 0 fully saturated rings. The molecule has 0 aliphatic rings. The zero-order valence-electron chi connectivity index (χ0n) is 9.24. The number of hydrogen-bond donors (Lipinski definition) is 0. The van der Waals surface area contributed by atoms with Crippen LogP contribution in [0.1, 0.15) is 32.6 Å². The van der Waals surface area contributed by atoms with Crippen LogP contribution in [0.15, 0.2) is 12.2 Å². The van der Waals surface area contributed by atoms with E-state index in [2.05, 4.69) is 11.3 Å². The lowest BCUT2D eigenvalue weighted by Gasteiger charge is -2.16. The first kappa shape index (κ1) is 15.9. The van der Waals surface area contributed by atoms with Gasteiger partial charge in [-0.25, -0.2) is 4.79 Å². The van der Waals surface area contributed by atoms with Crippen molar-refractivity contribution in [3.63, 3.8) is 0 Å². The molecule has 0 heterocycles. The van der Waals surface area contributed by atoms with Gasteiger partial charge in [0.05, 0.1) is 6.42 Å². The van der Waals surface area contributed by atoms with E-state index in [0.29, 0.717) is 0 Å². The van der Waals surface area contributed by atoms with Crippen LogP contribution in [0.4, 0.5) is 22.0 Å². The molecule has 7 heteroatoms. The molecule has 0 aromatic heterocycles. The fourth-order valence-electron chi connectivity index (χ4n) is 0.930. The lowest BCUT2D eigenvalue weighted by Crippen LogP contribution is -2.25. The molecular weight excluding hydrogens is 247 g/mol. The van der Waals surface area contributed by atoms with E-state index < -0.39 is 37.5 Å². The molecule has 0 amide bonds. The van der Waals surface area contributed by atoms with E-state index in [1.165, 1.54) is 6.92 Å². The Morgan fingerprint density at radius 1 is 1.12 bits per heavy atom. The maximum atomic E-state index is 12.9. The predicted molar refractivity (Wildman–Crippen MR) is 50.4 cm³/mol. The molecule has 0 bridgehead atoms. The van der Waals surface area contributed by atoms with Gasteiger partial charge in [-0.05, 0) is 19.8 Å². The van der Waals surface area contributed by atoms with Gasteiger partial charge in [-0.2, -0.15) is 22.0 Å². The van der Waals surface area contributed by atoms with E-state index in [9.17, 15) is 26.7 Å². The Bertz CT molecular complexity index is 283. The van der Waals surface area contributed by atoms with Gasteiger partial charge in [0.2, 0.25) is 0 Å². The van der Waals surface area contributed by atoms with Crippen molar-refractivity contribution in [1.29, 1.82) is 0 Å². The Hall–Kier alpha value is -1.14. The van der Waals surface area contributed by atoms with Crippen LogP contribution in [0.25, 0.3) is 0 Å². The zero-order chi connectivity index (χ0) is 13.7. The molecular formula is C10H13F5O2. The normalized spacial score (nSPS) is 12.4. The summed E-state index contributed by atoms with van der Waals surface area (Å²) >= 11 is 0. The molecule has 17 heavy (non-hydrogen) atoms. The second-order valence-electron chi connectivity index (χ2n) is 3.63. The molecule has 0 atom stereocenters. The summed E-state index contributed by atoms with van der Waals surface area (Å²) in [6, 6.07) is 0. The minimum Gasteiger partial charge on any atom is -0.397 e. The first-order valence-electron chi connectivity index (χ1n) is 4.87.